The van der Waals surface area contributed by atoms with Gasteiger partial charge in [-0.3, -0.25) is 9.59 Å². The maximum absolute atomic E-state index is 12.5. The van der Waals surface area contributed by atoms with E-state index in [-0.39, 0.29) is 11.0 Å². The largest absolute Gasteiger partial charge is 0.360 e. The third kappa shape index (κ3) is 2.42. The molecule has 2 aromatic carbocycles. The molecule has 4 rings (SSSR count). The van der Waals surface area contributed by atoms with Gasteiger partial charge in [-0.2, -0.15) is 0 Å². The van der Waals surface area contributed by atoms with Gasteiger partial charge in [0.25, 0.3) is 5.91 Å². The minimum atomic E-state index is -0.482. The van der Waals surface area contributed by atoms with Crippen molar-refractivity contribution in [2.24, 2.45) is 0 Å². The lowest BCUT2D eigenvalue weighted by molar-refractivity contribution is 0.102. The normalized spacial score (nSPS) is 10.8. The maximum atomic E-state index is 12.5. The first kappa shape index (κ1) is 14.1. The van der Waals surface area contributed by atoms with Crippen LogP contribution in [0.2, 0.25) is 0 Å². The van der Waals surface area contributed by atoms with Crippen LogP contribution in [0.5, 0.6) is 0 Å². The predicted octanol–water partition coefficient (Wildman–Crippen LogP) is 3.33. The molecule has 4 aromatic rings. The average molecular weight is 315 g/mol. The zero-order valence-corrected chi connectivity index (χ0v) is 12.6. The highest BCUT2D eigenvalue weighted by Gasteiger charge is 2.13. The van der Waals surface area contributed by atoms with Gasteiger partial charge < -0.3 is 10.3 Å². The number of amides is 1. The highest BCUT2D eigenvalue weighted by Crippen LogP contribution is 2.16. The summed E-state index contributed by atoms with van der Waals surface area (Å²) in [5.74, 6) is -0.0731. The Bertz CT molecular complexity index is 1130. The van der Waals surface area contributed by atoms with Crippen molar-refractivity contribution in [3.63, 3.8) is 0 Å². The number of nitrogens with one attached hydrogen (secondary N) is 2. The van der Waals surface area contributed by atoms with Gasteiger partial charge in [-0.15, -0.1) is 0 Å². The fraction of sp³-hybridized carbons (Fsp3) is 0. The van der Waals surface area contributed by atoms with Gasteiger partial charge in [0.15, 0.2) is 0 Å². The molecule has 0 fully saturated rings. The second-order valence-corrected chi connectivity index (χ2v) is 5.45. The van der Waals surface area contributed by atoms with E-state index in [1.54, 1.807) is 30.5 Å². The summed E-state index contributed by atoms with van der Waals surface area (Å²) in [7, 11) is 0. The Morgan fingerprint density at radius 3 is 2.62 bits per heavy atom. The smallest absolute Gasteiger partial charge is 0.262 e. The molecule has 0 saturated carbocycles. The SMILES string of the molecule is O=C(Nc1cc2ccccc2cn1)c1c[nH]c2ccccc2c1=O. The number of nitrogens with zero attached hydrogens (tertiary/aromatic N) is 1. The van der Waals surface area contributed by atoms with Gasteiger partial charge in [0.2, 0.25) is 5.43 Å². The zero-order valence-electron chi connectivity index (χ0n) is 12.6. The molecule has 0 radical (unpaired) electrons. The molecule has 0 bridgehead atoms. The van der Waals surface area contributed by atoms with Gasteiger partial charge in [-0.25, -0.2) is 4.98 Å². The topological polar surface area (TPSA) is 74.8 Å². The number of pyridine rings is 2. The first-order valence-corrected chi connectivity index (χ1v) is 7.49. The van der Waals surface area contributed by atoms with Crippen LogP contribution < -0.4 is 10.7 Å². The quantitative estimate of drug-likeness (QED) is 0.596. The van der Waals surface area contributed by atoms with E-state index in [4.69, 9.17) is 0 Å². The van der Waals surface area contributed by atoms with E-state index in [1.165, 1.54) is 6.20 Å². The summed E-state index contributed by atoms with van der Waals surface area (Å²) in [5.41, 5.74) is 0.453. The number of anilines is 1. The summed E-state index contributed by atoms with van der Waals surface area (Å²) in [4.78, 5) is 32.1. The van der Waals surface area contributed by atoms with Crippen molar-refractivity contribution in [2.75, 3.05) is 5.32 Å². The molecular formula is C19H13N3O2. The molecule has 5 nitrogen and oxygen atoms in total. The van der Waals surface area contributed by atoms with Crippen molar-refractivity contribution in [1.82, 2.24) is 9.97 Å². The highest BCUT2D eigenvalue weighted by atomic mass is 16.2. The number of carbonyl (C=O) groups excluding carboxylic acids is 1. The Morgan fingerprint density at radius 2 is 1.75 bits per heavy atom. The lowest BCUT2D eigenvalue weighted by atomic mass is 10.1. The van der Waals surface area contributed by atoms with E-state index >= 15 is 0 Å². The summed E-state index contributed by atoms with van der Waals surface area (Å²) in [6.45, 7) is 0. The summed E-state index contributed by atoms with van der Waals surface area (Å²) in [6, 6.07) is 16.6. The van der Waals surface area contributed by atoms with Gasteiger partial charge in [-0.05, 0) is 23.6 Å². The summed E-state index contributed by atoms with van der Waals surface area (Å²) in [5, 5.41) is 5.12. The number of rotatable bonds is 2. The summed E-state index contributed by atoms with van der Waals surface area (Å²) < 4.78 is 0. The van der Waals surface area contributed by atoms with Crippen molar-refractivity contribution < 1.29 is 4.79 Å². The second kappa shape index (κ2) is 5.62. The van der Waals surface area contributed by atoms with Gasteiger partial charge in [0.05, 0.1) is 0 Å². The molecule has 2 N–H and O–H groups in total. The van der Waals surface area contributed by atoms with E-state index in [9.17, 15) is 9.59 Å². The first-order valence-electron chi connectivity index (χ1n) is 7.49. The molecule has 2 aromatic heterocycles. The van der Waals surface area contributed by atoms with Crippen molar-refractivity contribution in [2.45, 2.75) is 0 Å². The lowest BCUT2D eigenvalue weighted by Crippen LogP contribution is -2.22. The number of para-hydroxylation sites is 1. The van der Waals surface area contributed by atoms with Crippen LogP contribution in [-0.2, 0) is 0 Å². The Balaban J connectivity index is 1.70. The Hall–Kier alpha value is -3.47. The standard InChI is InChI=1S/C19H13N3O2/c23-18-14-7-3-4-8-16(14)20-11-15(18)19(24)22-17-9-12-5-1-2-6-13(12)10-21-17/h1-11H,(H,20,23)(H,21,22,24). The van der Waals surface area contributed by atoms with Crippen molar-refractivity contribution in [3.05, 3.63) is 82.8 Å². The van der Waals surface area contributed by atoms with Crippen LogP contribution in [0.1, 0.15) is 10.4 Å². The number of benzene rings is 2. The van der Waals surface area contributed by atoms with E-state index in [2.05, 4.69) is 15.3 Å². The Morgan fingerprint density at radius 1 is 1.00 bits per heavy atom. The second-order valence-electron chi connectivity index (χ2n) is 5.45. The molecule has 5 heteroatoms. The molecule has 2 heterocycles. The fourth-order valence-electron chi connectivity index (χ4n) is 2.67. The van der Waals surface area contributed by atoms with E-state index in [0.717, 1.165) is 10.8 Å². The van der Waals surface area contributed by atoms with Crippen LogP contribution in [-0.4, -0.2) is 15.9 Å². The number of hydrogen-bond donors (Lipinski definition) is 2. The monoisotopic (exact) mass is 315 g/mol. The van der Waals surface area contributed by atoms with Crippen LogP contribution in [0.25, 0.3) is 21.7 Å². The molecule has 116 valence electrons. The van der Waals surface area contributed by atoms with Crippen LogP contribution >= 0.6 is 0 Å². The van der Waals surface area contributed by atoms with Gasteiger partial charge in [0.1, 0.15) is 11.4 Å². The minimum absolute atomic E-state index is 0.0589. The van der Waals surface area contributed by atoms with E-state index < -0.39 is 5.91 Å². The van der Waals surface area contributed by atoms with E-state index in [0.29, 0.717) is 16.7 Å². The third-order valence-corrected chi connectivity index (χ3v) is 3.91. The molecular weight excluding hydrogens is 302 g/mol. The summed E-state index contributed by atoms with van der Waals surface area (Å²) >= 11 is 0. The van der Waals surface area contributed by atoms with Crippen molar-refractivity contribution in [3.8, 4) is 0 Å². The number of aromatic nitrogens is 2. The predicted molar refractivity (Wildman–Crippen MR) is 94.3 cm³/mol. The average Bonchev–Trinajstić information content (AvgIpc) is 2.62. The summed E-state index contributed by atoms with van der Waals surface area (Å²) in [6.07, 6.45) is 3.12. The lowest BCUT2D eigenvalue weighted by Gasteiger charge is -2.06. The fourth-order valence-corrected chi connectivity index (χ4v) is 2.67. The number of fused-ring (bicyclic) bond motifs is 2. The Labute approximate surface area is 137 Å². The van der Waals surface area contributed by atoms with Crippen LogP contribution in [0.4, 0.5) is 5.82 Å². The minimum Gasteiger partial charge on any atom is -0.360 e. The highest BCUT2D eigenvalue weighted by molar-refractivity contribution is 6.05. The van der Waals surface area contributed by atoms with Crippen LogP contribution in [0, 0.1) is 0 Å². The molecule has 0 aliphatic rings. The number of H-pyrrole nitrogens is 1. The molecule has 0 unspecified atom stereocenters. The molecule has 0 atom stereocenters. The molecule has 0 saturated heterocycles. The molecule has 0 aliphatic heterocycles. The maximum Gasteiger partial charge on any atom is 0.262 e. The molecule has 0 spiro atoms. The van der Waals surface area contributed by atoms with Crippen LogP contribution in [0.3, 0.4) is 0 Å². The zero-order chi connectivity index (χ0) is 16.5. The number of hydrogen-bond acceptors (Lipinski definition) is 3. The van der Waals surface area contributed by atoms with Crippen LogP contribution in [0.15, 0.2) is 71.8 Å². The van der Waals surface area contributed by atoms with Crippen molar-refractivity contribution >= 4 is 33.4 Å². The molecule has 24 heavy (non-hydrogen) atoms. The third-order valence-electron chi connectivity index (χ3n) is 3.91. The van der Waals surface area contributed by atoms with E-state index in [1.807, 2.05) is 30.3 Å². The number of aromatic amines is 1. The first-order chi connectivity index (χ1) is 11.7. The number of carbonyl (C=O) groups is 1. The molecule has 1 amide bonds. The Kier molecular flexibility index (Phi) is 3.31. The van der Waals surface area contributed by atoms with Gasteiger partial charge in [-0.1, -0.05) is 36.4 Å². The van der Waals surface area contributed by atoms with Gasteiger partial charge in [0, 0.05) is 28.7 Å². The van der Waals surface area contributed by atoms with Crippen molar-refractivity contribution in [1.29, 1.82) is 0 Å². The molecule has 0 aliphatic carbocycles. The van der Waals surface area contributed by atoms with Gasteiger partial charge >= 0.3 is 0 Å².